The summed E-state index contributed by atoms with van der Waals surface area (Å²) in [5.74, 6) is -0.918. The highest BCUT2D eigenvalue weighted by Gasteiger charge is 2.24. The Balaban J connectivity index is 1.93. The smallest absolute Gasteiger partial charge is 0.328 e. The molecule has 2 rings (SSSR count). The fraction of sp³-hybridized carbons (Fsp3) is 0.444. The summed E-state index contributed by atoms with van der Waals surface area (Å²) in [4.78, 5) is 27.6. The summed E-state index contributed by atoms with van der Waals surface area (Å²) >= 11 is 0. The molecule has 0 aliphatic carbocycles. The highest BCUT2D eigenvalue weighted by molar-refractivity contribution is 5.89. The zero-order valence-corrected chi connectivity index (χ0v) is 15.4. The van der Waals surface area contributed by atoms with Crippen molar-refractivity contribution in [3.63, 3.8) is 0 Å². The second-order valence-corrected chi connectivity index (χ2v) is 6.38. The highest BCUT2D eigenvalue weighted by Crippen LogP contribution is 2.18. The van der Waals surface area contributed by atoms with Gasteiger partial charge in [-0.15, -0.1) is 0 Å². The van der Waals surface area contributed by atoms with Crippen LogP contribution in [-0.2, 0) is 20.7 Å². The molecule has 2 aromatic rings. The van der Waals surface area contributed by atoms with Crippen LogP contribution in [0.3, 0.4) is 0 Å². The first kappa shape index (κ1) is 20.8. The van der Waals surface area contributed by atoms with E-state index in [4.69, 9.17) is 21.9 Å². The second kappa shape index (κ2) is 10.0. The fourth-order valence-electron chi connectivity index (χ4n) is 2.87. The van der Waals surface area contributed by atoms with Gasteiger partial charge in [-0.05, 0) is 37.4 Å². The molecule has 1 aromatic heterocycles. The zero-order chi connectivity index (χ0) is 19.8. The molecule has 27 heavy (non-hydrogen) atoms. The molecule has 0 aliphatic heterocycles. The lowest BCUT2D eigenvalue weighted by molar-refractivity contribution is -0.145. The fourth-order valence-corrected chi connectivity index (χ4v) is 2.87. The Hall–Kier alpha value is -2.46. The number of nitrogens with one attached hydrogen (secondary N) is 3. The average molecular weight is 376 g/mol. The molecule has 2 unspecified atom stereocenters. The normalized spacial score (nSPS) is 13.5. The Labute approximate surface area is 158 Å². The minimum atomic E-state index is -0.785. The van der Waals surface area contributed by atoms with Crippen molar-refractivity contribution in [2.75, 3.05) is 13.7 Å². The number of fused-ring (bicyclic) bond motifs is 1. The summed E-state index contributed by atoms with van der Waals surface area (Å²) in [7, 11) is 1.28. The Morgan fingerprint density at radius 2 is 1.96 bits per heavy atom. The highest BCUT2D eigenvalue weighted by atomic mass is 16.5. The lowest BCUT2D eigenvalue weighted by Crippen LogP contribution is -2.50. The molecule has 9 heteroatoms. The van der Waals surface area contributed by atoms with Crippen LogP contribution in [0.25, 0.3) is 10.9 Å². The topological polar surface area (TPSA) is 161 Å². The number of hydrogen-bond acceptors (Lipinski definition) is 7. The van der Waals surface area contributed by atoms with E-state index in [0.717, 1.165) is 16.5 Å². The average Bonchev–Trinajstić information content (AvgIpc) is 3.06. The standard InChI is InChI=1S/C18H28N6O3/c1-27-17(26)15(7-4-8-22-18(20)21)24-16(25)13(19)9-11-10-23-14-6-3-2-5-12(11)14/h2-3,5-6,10,13,15,18,22-23H,4,7-9,19-21H2,1H3,(H,24,25). The Morgan fingerprint density at radius 1 is 1.22 bits per heavy atom. The molecule has 1 heterocycles. The lowest BCUT2D eigenvalue weighted by atomic mass is 10.0. The van der Waals surface area contributed by atoms with E-state index in [2.05, 4.69) is 15.6 Å². The lowest BCUT2D eigenvalue weighted by Gasteiger charge is -2.19. The van der Waals surface area contributed by atoms with Crippen LogP contribution in [-0.4, -0.2) is 48.9 Å². The van der Waals surface area contributed by atoms with Gasteiger partial charge in [0.05, 0.1) is 13.2 Å². The van der Waals surface area contributed by atoms with Gasteiger partial charge < -0.3 is 32.2 Å². The molecule has 9 N–H and O–H groups in total. The molecule has 1 amide bonds. The number of amides is 1. The van der Waals surface area contributed by atoms with Crippen LogP contribution in [0.2, 0.25) is 0 Å². The number of H-pyrrole nitrogens is 1. The van der Waals surface area contributed by atoms with Crippen molar-refractivity contribution in [1.82, 2.24) is 15.6 Å². The van der Waals surface area contributed by atoms with E-state index >= 15 is 0 Å². The summed E-state index contributed by atoms with van der Waals surface area (Å²) in [5.41, 5.74) is 18.8. The zero-order valence-electron chi connectivity index (χ0n) is 15.4. The van der Waals surface area contributed by atoms with Gasteiger partial charge in [-0.1, -0.05) is 18.2 Å². The van der Waals surface area contributed by atoms with Crippen molar-refractivity contribution in [2.24, 2.45) is 17.2 Å². The number of carbonyl (C=O) groups is 2. The molecular formula is C18H28N6O3. The van der Waals surface area contributed by atoms with Gasteiger partial charge in [0.15, 0.2) is 0 Å². The predicted molar refractivity (Wildman–Crippen MR) is 103 cm³/mol. The first-order valence-electron chi connectivity index (χ1n) is 8.85. The number of benzene rings is 1. The molecule has 148 valence electrons. The molecule has 0 saturated carbocycles. The van der Waals surface area contributed by atoms with E-state index in [0.29, 0.717) is 25.8 Å². The van der Waals surface area contributed by atoms with Gasteiger partial charge in [-0.3, -0.25) is 10.1 Å². The van der Waals surface area contributed by atoms with Gasteiger partial charge >= 0.3 is 5.97 Å². The molecule has 0 saturated heterocycles. The summed E-state index contributed by atoms with van der Waals surface area (Å²) in [6.07, 6.45) is 2.55. The van der Waals surface area contributed by atoms with Crippen molar-refractivity contribution >= 4 is 22.8 Å². The van der Waals surface area contributed by atoms with Crippen LogP contribution in [0.4, 0.5) is 0 Å². The van der Waals surface area contributed by atoms with Crippen LogP contribution in [0.15, 0.2) is 30.5 Å². The number of hydrogen-bond donors (Lipinski definition) is 6. The van der Waals surface area contributed by atoms with E-state index in [1.54, 1.807) is 0 Å². The van der Waals surface area contributed by atoms with Crippen molar-refractivity contribution < 1.29 is 14.3 Å². The van der Waals surface area contributed by atoms with Crippen LogP contribution in [0.5, 0.6) is 0 Å². The number of ether oxygens (including phenoxy) is 1. The number of aromatic amines is 1. The minimum Gasteiger partial charge on any atom is -0.467 e. The van der Waals surface area contributed by atoms with E-state index < -0.39 is 30.2 Å². The first-order chi connectivity index (χ1) is 12.9. The number of nitrogens with two attached hydrogens (primary N) is 3. The van der Waals surface area contributed by atoms with Gasteiger partial charge in [-0.25, -0.2) is 4.79 Å². The molecule has 0 aliphatic rings. The number of rotatable bonds is 10. The summed E-state index contributed by atoms with van der Waals surface area (Å²) in [6.45, 7) is 0.516. The van der Waals surface area contributed by atoms with Crippen LogP contribution >= 0.6 is 0 Å². The maximum absolute atomic E-state index is 12.5. The Morgan fingerprint density at radius 3 is 2.67 bits per heavy atom. The largest absolute Gasteiger partial charge is 0.467 e. The molecule has 0 fully saturated rings. The van der Waals surface area contributed by atoms with Crippen LogP contribution in [0, 0.1) is 0 Å². The molecule has 0 radical (unpaired) electrons. The van der Waals surface area contributed by atoms with Crippen molar-refractivity contribution in [1.29, 1.82) is 0 Å². The van der Waals surface area contributed by atoms with Crippen molar-refractivity contribution in [2.45, 2.75) is 37.6 Å². The number of esters is 1. The molecule has 1 aromatic carbocycles. The van der Waals surface area contributed by atoms with Gasteiger partial charge in [0.1, 0.15) is 12.3 Å². The van der Waals surface area contributed by atoms with E-state index in [1.165, 1.54) is 7.11 Å². The third-order valence-electron chi connectivity index (χ3n) is 4.30. The predicted octanol–water partition coefficient (Wildman–Crippen LogP) is -0.734. The molecule has 0 bridgehead atoms. The quantitative estimate of drug-likeness (QED) is 0.181. The summed E-state index contributed by atoms with van der Waals surface area (Å²) in [6, 6.07) is 6.24. The van der Waals surface area contributed by atoms with E-state index in [1.807, 2.05) is 30.5 Å². The first-order valence-corrected chi connectivity index (χ1v) is 8.85. The number of methoxy groups -OCH3 is 1. The molecular weight excluding hydrogens is 348 g/mol. The molecule has 0 spiro atoms. The minimum absolute atomic E-state index is 0.354. The molecule has 9 nitrogen and oxygen atoms in total. The van der Waals surface area contributed by atoms with E-state index in [9.17, 15) is 9.59 Å². The Kier molecular flexibility index (Phi) is 7.74. The number of aromatic nitrogens is 1. The maximum atomic E-state index is 12.5. The van der Waals surface area contributed by atoms with Crippen LogP contribution in [0.1, 0.15) is 18.4 Å². The van der Waals surface area contributed by atoms with Gasteiger partial charge in [0, 0.05) is 17.1 Å². The summed E-state index contributed by atoms with van der Waals surface area (Å²) < 4.78 is 4.77. The van der Waals surface area contributed by atoms with Gasteiger partial charge in [0.25, 0.3) is 0 Å². The SMILES string of the molecule is COC(=O)C(CCCNC(N)N)NC(=O)C(N)Cc1c[nH]c2ccccc12. The maximum Gasteiger partial charge on any atom is 0.328 e. The third kappa shape index (κ3) is 6.04. The molecule has 2 atom stereocenters. The number of para-hydroxylation sites is 1. The van der Waals surface area contributed by atoms with Gasteiger partial charge in [-0.2, -0.15) is 0 Å². The summed E-state index contributed by atoms with van der Waals surface area (Å²) in [5, 5.41) is 6.54. The van der Waals surface area contributed by atoms with E-state index in [-0.39, 0.29) is 0 Å². The van der Waals surface area contributed by atoms with Crippen LogP contribution < -0.4 is 27.8 Å². The Bertz CT molecular complexity index is 760. The van der Waals surface area contributed by atoms with Crippen molar-refractivity contribution in [3.05, 3.63) is 36.0 Å². The monoisotopic (exact) mass is 376 g/mol. The van der Waals surface area contributed by atoms with Crippen molar-refractivity contribution in [3.8, 4) is 0 Å². The van der Waals surface area contributed by atoms with Gasteiger partial charge in [0.2, 0.25) is 5.91 Å². The number of carbonyl (C=O) groups excluding carboxylic acids is 2. The second-order valence-electron chi connectivity index (χ2n) is 6.38. The third-order valence-corrected chi connectivity index (χ3v) is 4.30.